The van der Waals surface area contributed by atoms with E-state index in [4.69, 9.17) is 0 Å². The van der Waals surface area contributed by atoms with Gasteiger partial charge in [-0.1, -0.05) is 42.0 Å². The average Bonchev–Trinajstić information content (AvgIpc) is 2.52. The number of aliphatic hydroxyl groups excluding tert-OH is 2. The molecule has 120 valence electrons. The molecule has 5 heteroatoms. The SMILES string of the molecule is CC(C)=CCC1(O)C(=O)C=C(O)C(=C(O)c2ccccc2)C1=O. The zero-order chi connectivity index (χ0) is 17.2. The van der Waals surface area contributed by atoms with Crippen molar-refractivity contribution in [2.24, 2.45) is 0 Å². The van der Waals surface area contributed by atoms with E-state index in [1.807, 2.05) is 0 Å². The van der Waals surface area contributed by atoms with Gasteiger partial charge >= 0.3 is 0 Å². The van der Waals surface area contributed by atoms with Crippen molar-refractivity contribution < 1.29 is 24.9 Å². The van der Waals surface area contributed by atoms with Gasteiger partial charge in [0.05, 0.1) is 0 Å². The number of carbonyl (C=O) groups is 2. The quantitative estimate of drug-likeness (QED) is 0.345. The fourth-order valence-corrected chi connectivity index (χ4v) is 2.27. The maximum absolute atomic E-state index is 12.6. The fraction of sp³-hybridized carbons (Fsp3) is 0.222. The first-order chi connectivity index (χ1) is 10.8. The number of ketones is 2. The molecule has 1 aromatic rings. The molecule has 0 spiro atoms. The summed E-state index contributed by atoms with van der Waals surface area (Å²) in [5.74, 6) is -3.04. The third-order valence-electron chi connectivity index (χ3n) is 3.62. The number of allylic oxidation sites excluding steroid dienone is 2. The molecule has 0 aliphatic heterocycles. The lowest BCUT2D eigenvalue weighted by molar-refractivity contribution is -0.146. The molecule has 0 saturated heterocycles. The largest absolute Gasteiger partial charge is 0.507 e. The van der Waals surface area contributed by atoms with Crippen molar-refractivity contribution in [3.05, 3.63) is 65.0 Å². The zero-order valence-electron chi connectivity index (χ0n) is 12.9. The van der Waals surface area contributed by atoms with E-state index in [1.54, 1.807) is 50.3 Å². The van der Waals surface area contributed by atoms with Crippen molar-refractivity contribution in [1.82, 2.24) is 0 Å². The molecule has 1 aliphatic rings. The van der Waals surface area contributed by atoms with Gasteiger partial charge < -0.3 is 15.3 Å². The second-order valence-electron chi connectivity index (χ2n) is 5.66. The Balaban J connectivity index is 2.58. The summed E-state index contributed by atoms with van der Waals surface area (Å²) in [6.45, 7) is 3.54. The Morgan fingerprint density at radius 2 is 1.78 bits per heavy atom. The summed E-state index contributed by atoms with van der Waals surface area (Å²) in [6.07, 6.45) is 2.11. The molecule has 2 rings (SSSR count). The van der Waals surface area contributed by atoms with Crippen LogP contribution in [-0.2, 0) is 9.59 Å². The minimum absolute atomic E-state index is 0.220. The molecule has 1 atom stereocenters. The van der Waals surface area contributed by atoms with Gasteiger partial charge in [0.25, 0.3) is 0 Å². The standard InChI is InChI=1S/C18H18O5/c1-11(2)8-9-18(23)14(20)10-13(19)15(17(18)22)16(21)12-6-4-3-5-7-12/h3-8,10,19,21,23H,9H2,1-2H3. The number of aliphatic hydroxyl groups is 3. The molecule has 3 N–H and O–H groups in total. The Hall–Kier alpha value is -2.66. The first-order valence-corrected chi connectivity index (χ1v) is 7.12. The monoisotopic (exact) mass is 314 g/mol. The topological polar surface area (TPSA) is 94.8 Å². The van der Waals surface area contributed by atoms with Crippen LogP contribution in [0.15, 0.2) is 59.4 Å². The lowest BCUT2D eigenvalue weighted by Gasteiger charge is -2.28. The molecule has 0 aromatic heterocycles. The van der Waals surface area contributed by atoms with E-state index >= 15 is 0 Å². The lowest BCUT2D eigenvalue weighted by atomic mass is 9.79. The fourth-order valence-electron chi connectivity index (χ4n) is 2.27. The van der Waals surface area contributed by atoms with Crippen LogP contribution in [-0.4, -0.2) is 32.5 Å². The van der Waals surface area contributed by atoms with Crippen molar-refractivity contribution in [2.75, 3.05) is 0 Å². The summed E-state index contributed by atoms with van der Waals surface area (Å²) < 4.78 is 0. The van der Waals surface area contributed by atoms with Crippen LogP contribution in [0.2, 0.25) is 0 Å². The Labute approximate surface area is 133 Å². The van der Waals surface area contributed by atoms with Crippen LogP contribution in [0.1, 0.15) is 25.8 Å². The van der Waals surface area contributed by atoms with E-state index in [9.17, 15) is 24.9 Å². The van der Waals surface area contributed by atoms with Crippen LogP contribution in [0.4, 0.5) is 0 Å². The summed E-state index contributed by atoms with van der Waals surface area (Å²) in [4.78, 5) is 24.6. The van der Waals surface area contributed by atoms with Crippen LogP contribution in [0.5, 0.6) is 0 Å². The van der Waals surface area contributed by atoms with Gasteiger partial charge in [-0.3, -0.25) is 9.59 Å². The predicted molar refractivity (Wildman–Crippen MR) is 85.7 cm³/mol. The highest BCUT2D eigenvalue weighted by molar-refractivity contribution is 6.26. The third kappa shape index (κ3) is 3.10. The molecule has 1 aliphatic carbocycles. The van der Waals surface area contributed by atoms with Crippen LogP contribution < -0.4 is 0 Å². The van der Waals surface area contributed by atoms with Crippen molar-refractivity contribution >= 4 is 17.3 Å². The van der Waals surface area contributed by atoms with Crippen LogP contribution in [0.3, 0.4) is 0 Å². The van der Waals surface area contributed by atoms with E-state index in [1.165, 1.54) is 0 Å². The number of carbonyl (C=O) groups excluding carboxylic acids is 2. The molecule has 23 heavy (non-hydrogen) atoms. The Morgan fingerprint density at radius 3 is 2.35 bits per heavy atom. The van der Waals surface area contributed by atoms with E-state index < -0.39 is 34.3 Å². The maximum atomic E-state index is 12.6. The van der Waals surface area contributed by atoms with Gasteiger partial charge in [0.15, 0.2) is 11.4 Å². The van der Waals surface area contributed by atoms with E-state index in [2.05, 4.69) is 0 Å². The molecule has 0 fully saturated rings. The lowest BCUT2D eigenvalue weighted by Crippen LogP contribution is -2.49. The molecule has 1 aromatic carbocycles. The molecule has 0 amide bonds. The normalized spacial score (nSPS) is 23.3. The van der Waals surface area contributed by atoms with Crippen LogP contribution in [0, 0.1) is 0 Å². The first kappa shape index (κ1) is 16.7. The van der Waals surface area contributed by atoms with Gasteiger partial charge in [0.2, 0.25) is 5.78 Å². The van der Waals surface area contributed by atoms with E-state index in [-0.39, 0.29) is 6.42 Å². The molecule has 5 nitrogen and oxygen atoms in total. The van der Waals surface area contributed by atoms with Crippen molar-refractivity contribution in [3.8, 4) is 0 Å². The highest BCUT2D eigenvalue weighted by atomic mass is 16.3. The molecular formula is C18H18O5. The Kier molecular flexibility index (Phi) is 4.52. The van der Waals surface area contributed by atoms with E-state index in [0.29, 0.717) is 5.56 Å². The zero-order valence-corrected chi connectivity index (χ0v) is 12.9. The van der Waals surface area contributed by atoms with Gasteiger partial charge in [-0.25, -0.2) is 0 Å². The first-order valence-electron chi connectivity index (χ1n) is 7.12. The summed E-state index contributed by atoms with van der Waals surface area (Å²) >= 11 is 0. The van der Waals surface area contributed by atoms with Gasteiger partial charge in [-0.15, -0.1) is 0 Å². The van der Waals surface area contributed by atoms with Gasteiger partial charge in [0, 0.05) is 18.1 Å². The van der Waals surface area contributed by atoms with Gasteiger partial charge in [0.1, 0.15) is 17.1 Å². The number of benzene rings is 1. The van der Waals surface area contributed by atoms with Crippen LogP contribution in [0.25, 0.3) is 5.76 Å². The van der Waals surface area contributed by atoms with Crippen molar-refractivity contribution in [3.63, 3.8) is 0 Å². The minimum atomic E-state index is -2.32. The molecule has 1 unspecified atom stereocenters. The second-order valence-corrected chi connectivity index (χ2v) is 5.66. The van der Waals surface area contributed by atoms with Crippen LogP contribution >= 0.6 is 0 Å². The number of hydrogen-bond acceptors (Lipinski definition) is 5. The second kappa shape index (κ2) is 6.22. The molecule has 0 saturated carbocycles. The Morgan fingerprint density at radius 1 is 1.17 bits per heavy atom. The summed E-state index contributed by atoms with van der Waals surface area (Å²) in [5.41, 5.74) is -1.65. The van der Waals surface area contributed by atoms with Crippen molar-refractivity contribution in [1.29, 1.82) is 0 Å². The highest BCUT2D eigenvalue weighted by Crippen LogP contribution is 2.32. The molecule has 0 heterocycles. The van der Waals surface area contributed by atoms with Gasteiger partial charge in [-0.05, 0) is 13.8 Å². The molecule has 0 radical (unpaired) electrons. The minimum Gasteiger partial charge on any atom is -0.507 e. The van der Waals surface area contributed by atoms with Gasteiger partial charge in [-0.2, -0.15) is 0 Å². The summed E-state index contributed by atoms with van der Waals surface area (Å²) in [5, 5.41) is 30.7. The molecule has 0 bridgehead atoms. The number of Topliss-reactive ketones (excluding diaryl/α,β-unsaturated/α-hetero) is 1. The van der Waals surface area contributed by atoms with E-state index in [0.717, 1.165) is 11.6 Å². The van der Waals surface area contributed by atoms with Crippen molar-refractivity contribution in [2.45, 2.75) is 25.9 Å². The summed E-state index contributed by atoms with van der Waals surface area (Å²) in [7, 11) is 0. The smallest absolute Gasteiger partial charge is 0.210 e. The maximum Gasteiger partial charge on any atom is 0.210 e. The third-order valence-corrected chi connectivity index (χ3v) is 3.62. The Bertz CT molecular complexity index is 736. The molecular weight excluding hydrogens is 296 g/mol. The number of hydrogen-bond donors (Lipinski definition) is 3. The highest BCUT2D eigenvalue weighted by Gasteiger charge is 2.48. The predicted octanol–water partition coefficient (Wildman–Crippen LogP) is 2.64. The number of rotatable bonds is 3. The summed E-state index contributed by atoms with van der Waals surface area (Å²) in [6, 6.07) is 8.14. The average molecular weight is 314 g/mol.